The predicted octanol–water partition coefficient (Wildman–Crippen LogP) is 2.35. The number of hydrogen-bond acceptors (Lipinski definition) is 5. The van der Waals surface area contributed by atoms with E-state index in [0.29, 0.717) is 32.2 Å². The molecule has 0 N–H and O–H groups in total. The summed E-state index contributed by atoms with van der Waals surface area (Å²) in [5.74, 6) is -0.317. The molecular formula is C17H23NO5S. The highest BCUT2D eigenvalue weighted by Gasteiger charge is 2.36. The van der Waals surface area contributed by atoms with Gasteiger partial charge in [0.15, 0.2) is 0 Å². The second-order valence-corrected chi connectivity index (χ2v) is 8.37. The van der Waals surface area contributed by atoms with E-state index in [1.165, 1.54) is 17.0 Å². The highest BCUT2D eigenvalue weighted by atomic mass is 32.2. The van der Waals surface area contributed by atoms with Gasteiger partial charge in [0.05, 0.1) is 11.5 Å². The minimum Gasteiger partial charge on any atom is -0.283 e. The third-order valence-electron chi connectivity index (χ3n) is 3.91. The number of likely N-dealkylation sites (tertiary alicyclic amines) is 1. The highest BCUT2D eigenvalue weighted by Crippen LogP contribution is 2.31. The summed E-state index contributed by atoms with van der Waals surface area (Å²) in [6.07, 6.45) is 1.68. The van der Waals surface area contributed by atoms with E-state index >= 15 is 0 Å². The molecule has 0 aromatic heterocycles. The van der Waals surface area contributed by atoms with Crippen molar-refractivity contribution in [3.05, 3.63) is 30.3 Å². The second-order valence-electron chi connectivity index (χ2n) is 6.75. The number of hydrogen-bond donors (Lipinski definition) is 0. The average molecular weight is 353 g/mol. The molecule has 1 aromatic carbocycles. The van der Waals surface area contributed by atoms with Crippen LogP contribution in [0.15, 0.2) is 35.2 Å². The largest absolute Gasteiger partial charge is 0.296 e. The van der Waals surface area contributed by atoms with Crippen molar-refractivity contribution in [2.75, 3.05) is 13.2 Å². The Bertz CT molecular complexity index is 677. The zero-order valence-corrected chi connectivity index (χ0v) is 14.8. The van der Waals surface area contributed by atoms with Crippen LogP contribution in [0.1, 0.15) is 39.5 Å². The first kappa shape index (κ1) is 18.6. The van der Waals surface area contributed by atoms with Gasteiger partial charge in [0.2, 0.25) is 11.8 Å². The molecule has 1 saturated heterocycles. The Morgan fingerprint density at radius 3 is 2.21 bits per heavy atom. The molecule has 0 aliphatic carbocycles. The Morgan fingerprint density at radius 2 is 1.62 bits per heavy atom. The Morgan fingerprint density at radius 1 is 1.04 bits per heavy atom. The molecular weight excluding hydrogens is 330 g/mol. The van der Waals surface area contributed by atoms with E-state index < -0.39 is 10.1 Å². The monoisotopic (exact) mass is 353 g/mol. The molecule has 1 aromatic rings. The Hall–Kier alpha value is -1.73. The van der Waals surface area contributed by atoms with Crippen molar-refractivity contribution in [1.29, 1.82) is 0 Å². The summed E-state index contributed by atoms with van der Waals surface area (Å²) in [5.41, 5.74) is -0.280. The molecule has 24 heavy (non-hydrogen) atoms. The van der Waals surface area contributed by atoms with Gasteiger partial charge in [-0.25, -0.2) is 0 Å². The fraction of sp³-hybridized carbons (Fsp3) is 0.529. The first-order valence-corrected chi connectivity index (χ1v) is 9.40. The van der Waals surface area contributed by atoms with Gasteiger partial charge < -0.3 is 0 Å². The topological polar surface area (TPSA) is 80.8 Å². The lowest BCUT2D eigenvalue weighted by atomic mass is 9.82. The quantitative estimate of drug-likeness (QED) is 0.427. The van der Waals surface area contributed by atoms with Crippen molar-refractivity contribution in [1.82, 2.24) is 4.90 Å². The number of carbonyl (C=O) groups excluding carboxylic acids is 2. The number of nitrogens with zero attached hydrogens (tertiary/aromatic N) is 1. The second kappa shape index (κ2) is 7.44. The zero-order valence-electron chi connectivity index (χ0n) is 14.0. The van der Waals surface area contributed by atoms with Crippen LogP contribution in [0.3, 0.4) is 0 Å². The van der Waals surface area contributed by atoms with Crippen molar-refractivity contribution in [3.63, 3.8) is 0 Å². The van der Waals surface area contributed by atoms with E-state index in [2.05, 4.69) is 0 Å². The van der Waals surface area contributed by atoms with Gasteiger partial charge in [-0.05, 0) is 30.4 Å². The molecule has 0 radical (unpaired) electrons. The molecule has 2 amide bonds. The van der Waals surface area contributed by atoms with E-state index in [0.717, 1.165) is 0 Å². The molecule has 7 heteroatoms. The molecule has 1 fully saturated rings. The average Bonchev–Trinajstić information content (AvgIpc) is 2.49. The first-order chi connectivity index (χ1) is 11.2. The number of imide groups is 1. The van der Waals surface area contributed by atoms with Crippen LogP contribution >= 0.6 is 0 Å². The van der Waals surface area contributed by atoms with E-state index in [9.17, 15) is 18.0 Å². The molecule has 0 saturated carbocycles. The maximum absolute atomic E-state index is 12.0. The summed E-state index contributed by atoms with van der Waals surface area (Å²) in [6, 6.07) is 7.94. The van der Waals surface area contributed by atoms with Crippen molar-refractivity contribution in [2.24, 2.45) is 5.41 Å². The molecule has 1 aliphatic heterocycles. The molecule has 1 heterocycles. The standard InChI is InChI=1S/C17H23NO5S/c1-17(2)12-15(19)18(16(20)13-17)10-6-7-11-23-24(21,22)14-8-4-3-5-9-14/h3-5,8-9H,6-7,10-13H2,1-2H3. The Labute approximate surface area is 142 Å². The third kappa shape index (κ3) is 4.88. The molecule has 0 spiro atoms. The maximum Gasteiger partial charge on any atom is 0.296 e. The van der Waals surface area contributed by atoms with Gasteiger partial charge in [0, 0.05) is 19.4 Å². The lowest BCUT2D eigenvalue weighted by molar-refractivity contribution is -0.152. The van der Waals surface area contributed by atoms with Gasteiger partial charge in [-0.1, -0.05) is 32.0 Å². The number of amides is 2. The number of piperidine rings is 1. The first-order valence-electron chi connectivity index (χ1n) is 7.99. The van der Waals surface area contributed by atoms with Crippen molar-refractivity contribution >= 4 is 21.9 Å². The number of rotatable bonds is 7. The van der Waals surface area contributed by atoms with Crippen LogP contribution < -0.4 is 0 Å². The predicted molar refractivity (Wildman–Crippen MR) is 88.5 cm³/mol. The van der Waals surface area contributed by atoms with Gasteiger partial charge in [0.1, 0.15) is 0 Å². The summed E-state index contributed by atoms with van der Waals surface area (Å²) in [6.45, 7) is 4.15. The van der Waals surface area contributed by atoms with E-state index in [1.54, 1.807) is 18.2 Å². The third-order valence-corrected chi connectivity index (χ3v) is 5.23. The minimum absolute atomic E-state index is 0.0267. The van der Waals surface area contributed by atoms with Gasteiger partial charge in [-0.15, -0.1) is 0 Å². The molecule has 132 valence electrons. The fourth-order valence-electron chi connectivity index (χ4n) is 2.66. The van der Waals surface area contributed by atoms with Crippen LogP contribution in [0.25, 0.3) is 0 Å². The van der Waals surface area contributed by atoms with Crippen LogP contribution in [0, 0.1) is 5.41 Å². The molecule has 0 unspecified atom stereocenters. The Kier molecular flexibility index (Phi) is 5.77. The van der Waals surface area contributed by atoms with Crippen LogP contribution in [0.4, 0.5) is 0 Å². The molecule has 0 bridgehead atoms. The molecule has 0 atom stereocenters. The van der Waals surface area contributed by atoms with Crippen LogP contribution in [0.2, 0.25) is 0 Å². The summed E-state index contributed by atoms with van der Waals surface area (Å²) in [7, 11) is -3.75. The van der Waals surface area contributed by atoms with E-state index in [4.69, 9.17) is 4.18 Å². The molecule has 6 nitrogen and oxygen atoms in total. The number of carbonyl (C=O) groups is 2. The molecule has 1 aliphatic rings. The van der Waals surface area contributed by atoms with E-state index in [-0.39, 0.29) is 28.7 Å². The Balaban J connectivity index is 1.76. The SMILES string of the molecule is CC1(C)CC(=O)N(CCCCOS(=O)(=O)c2ccccc2)C(=O)C1. The van der Waals surface area contributed by atoms with Gasteiger partial charge in [0.25, 0.3) is 10.1 Å². The lowest BCUT2D eigenvalue weighted by Gasteiger charge is -2.34. The smallest absolute Gasteiger partial charge is 0.283 e. The van der Waals surface area contributed by atoms with E-state index in [1.807, 2.05) is 13.8 Å². The zero-order chi connectivity index (χ0) is 17.8. The summed E-state index contributed by atoms with van der Waals surface area (Å²) in [4.78, 5) is 25.4. The number of unbranched alkanes of at least 4 members (excludes halogenated alkanes) is 1. The molecule has 2 rings (SSSR count). The maximum atomic E-state index is 12.0. The summed E-state index contributed by atoms with van der Waals surface area (Å²) in [5, 5.41) is 0. The minimum atomic E-state index is -3.75. The van der Waals surface area contributed by atoms with Crippen molar-refractivity contribution in [2.45, 2.75) is 44.4 Å². The van der Waals surface area contributed by atoms with Gasteiger partial charge in [-0.2, -0.15) is 8.42 Å². The fourth-order valence-corrected chi connectivity index (χ4v) is 3.62. The lowest BCUT2D eigenvalue weighted by Crippen LogP contribution is -2.46. The number of benzene rings is 1. The van der Waals surface area contributed by atoms with Crippen LogP contribution in [-0.4, -0.2) is 38.3 Å². The highest BCUT2D eigenvalue weighted by molar-refractivity contribution is 7.86. The van der Waals surface area contributed by atoms with Crippen molar-refractivity contribution in [3.8, 4) is 0 Å². The van der Waals surface area contributed by atoms with Crippen LogP contribution in [-0.2, 0) is 23.9 Å². The van der Waals surface area contributed by atoms with Gasteiger partial charge in [-0.3, -0.25) is 18.7 Å². The summed E-state index contributed by atoms with van der Waals surface area (Å²) >= 11 is 0. The normalized spacial score (nSPS) is 18.0. The van der Waals surface area contributed by atoms with Crippen LogP contribution in [0.5, 0.6) is 0 Å². The van der Waals surface area contributed by atoms with Gasteiger partial charge >= 0.3 is 0 Å². The van der Waals surface area contributed by atoms with Crippen molar-refractivity contribution < 1.29 is 22.2 Å². The summed E-state index contributed by atoms with van der Waals surface area (Å²) < 4.78 is 28.8.